The third-order valence-corrected chi connectivity index (χ3v) is 7.73. The van der Waals surface area contributed by atoms with Gasteiger partial charge in [0, 0.05) is 11.4 Å². The van der Waals surface area contributed by atoms with E-state index in [4.69, 9.17) is 11.5 Å². The lowest BCUT2D eigenvalue weighted by atomic mass is 9.74. The molecular weight excluding hydrogens is 428 g/mol. The molecule has 0 unspecified atom stereocenters. The van der Waals surface area contributed by atoms with Crippen molar-refractivity contribution in [1.29, 1.82) is 0 Å². The number of benzene rings is 2. The zero-order valence-corrected chi connectivity index (χ0v) is 20.2. The summed E-state index contributed by atoms with van der Waals surface area (Å²) in [6.45, 7) is 4.23. The van der Waals surface area contributed by atoms with E-state index in [0.29, 0.717) is 23.5 Å². The highest BCUT2D eigenvalue weighted by Crippen LogP contribution is 2.48. The minimum atomic E-state index is -0.560. The van der Waals surface area contributed by atoms with E-state index in [-0.39, 0.29) is 51.0 Å². The molecule has 4 rings (SSSR count). The lowest BCUT2D eigenvalue weighted by molar-refractivity contribution is 0.0975. The largest absolute Gasteiger partial charge is 0.507 e. The SMILES string of the molecule is CCCCc1cc(N)c2c(c1O)C(=O)c1c(N)cc([C@H]3CC[C@H](CCCC)CC3)c(O)c1C2=O. The van der Waals surface area contributed by atoms with E-state index in [2.05, 4.69) is 6.92 Å². The first-order valence-corrected chi connectivity index (χ1v) is 12.7. The number of nitrogen functional groups attached to an aromatic ring is 2. The van der Waals surface area contributed by atoms with Crippen molar-refractivity contribution < 1.29 is 19.8 Å². The fourth-order valence-corrected chi connectivity index (χ4v) is 5.77. The Kier molecular flexibility index (Phi) is 6.87. The zero-order chi connectivity index (χ0) is 24.6. The average molecular weight is 465 g/mol. The topological polar surface area (TPSA) is 127 Å². The first-order chi connectivity index (χ1) is 16.3. The van der Waals surface area contributed by atoms with E-state index < -0.39 is 11.6 Å². The summed E-state index contributed by atoms with van der Waals surface area (Å²) < 4.78 is 0. The van der Waals surface area contributed by atoms with E-state index in [9.17, 15) is 19.8 Å². The number of hydrogen-bond donors (Lipinski definition) is 4. The number of carbonyl (C=O) groups is 2. The number of aromatic hydroxyl groups is 2. The van der Waals surface area contributed by atoms with Crippen LogP contribution in [0.2, 0.25) is 0 Å². The van der Waals surface area contributed by atoms with Crippen LogP contribution >= 0.6 is 0 Å². The maximum Gasteiger partial charge on any atom is 0.200 e. The number of unbranched alkanes of at least 4 members (excludes halogenated alkanes) is 2. The van der Waals surface area contributed by atoms with Crippen molar-refractivity contribution in [3.63, 3.8) is 0 Å². The van der Waals surface area contributed by atoms with Crippen molar-refractivity contribution in [2.45, 2.75) is 84.0 Å². The molecule has 2 aromatic carbocycles. The third kappa shape index (κ3) is 4.04. The number of anilines is 2. The molecule has 6 nitrogen and oxygen atoms in total. The van der Waals surface area contributed by atoms with Crippen molar-refractivity contribution in [1.82, 2.24) is 0 Å². The van der Waals surface area contributed by atoms with Crippen LogP contribution in [0, 0.1) is 5.92 Å². The molecule has 0 aromatic heterocycles. The Hall–Kier alpha value is -3.02. The summed E-state index contributed by atoms with van der Waals surface area (Å²) in [5.41, 5.74) is 13.8. The predicted octanol–water partition coefficient (Wildman–Crippen LogP) is 5.84. The Morgan fingerprint density at radius 3 is 1.94 bits per heavy atom. The molecule has 34 heavy (non-hydrogen) atoms. The molecule has 2 aliphatic rings. The second-order valence-corrected chi connectivity index (χ2v) is 10.00. The molecule has 1 fully saturated rings. The Morgan fingerprint density at radius 2 is 1.35 bits per heavy atom. The molecule has 6 N–H and O–H groups in total. The summed E-state index contributed by atoms with van der Waals surface area (Å²) in [6, 6.07) is 3.23. The van der Waals surface area contributed by atoms with Gasteiger partial charge in [0.15, 0.2) is 0 Å². The molecule has 0 aliphatic heterocycles. The highest BCUT2D eigenvalue weighted by molar-refractivity contribution is 6.33. The first-order valence-electron chi connectivity index (χ1n) is 12.7. The lowest BCUT2D eigenvalue weighted by Gasteiger charge is -2.31. The van der Waals surface area contributed by atoms with Crippen LogP contribution in [0.1, 0.15) is 121 Å². The van der Waals surface area contributed by atoms with Gasteiger partial charge in [0.2, 0.25) is 11.6 Å². The molecule has 0 amide bonds. The number of nitrogens with two attached hydrogens (primary N) is 2. The fourth-order valence-electron chi connectivity index (χ4n) is 5.77. The Bertz CT molecular complexity index is 1130. The normalized spacial score (nSPS) is 19.7. The summed E-state index contributed by atoms with van der Waals surface area (Å²) in [4.78, 5) is 27.1. The van der Waals surface area contributed by atoms with E-state index in [1.165, 1.54) is 19.3 Å². The molecule has 1 saturated carbocycles. The molecule has 0 atom stereocenters. The van der Waals surface area contributed by atoms with Crippen LogP contribution in [0.4, 0.5) is 11.4 Å². The standard InChI is InChI=1S/C28H36N2O4/c1-3-5-7-15-9-11-16(12-10-15)18-14-20(30)22-24(26(18)32)28(34)21-19(29)13-17(8-6-4-2)25(31)23(21)27(22)33/h13-16,31-32H,3-12,29-30H2,1-2H3/t15-,16-. The van der Waals surface area contributed by atoms with Crippen LogP contribution in [0.5, 0.6) is 11.5 Å². The smallest absolute Gasteiger partial charge is 0.200 e. The Morgan fingerprint density at radius 1 is 0.794 bits per heavy atom. The van der Waals surface area contributed by atoms with E-state index >= 15 is 0 Å². The number of phenols is 2. The minimum Gasteiger partial charge on any atom is -0.507 e. The quantitative estimate of drug-likeness (QED) is 0.257. The van der Waals surface area contributed by atoms with Crippen LogP contribution < -0.4 is 11.5 Å². The highest BCUT2D eigenvalue weighted by atomic mass is 16.3. The highest BCUT2D eigenvalue weighted by Gasteiger charge is 2.40. The van der Waals surface area contributed by atoms with E-state index in [1.54, 1.807) is 12.1 Å². The number of phenolic OH excluding ortho intramolecular Hbond substituents is 2. The van der Waals surface area contributed by atoms with Gasteiger partial charge in [-0.2, -0.15) is 0 Å². The van der Waals surface area contributed by atoms with Crippen LogP contribution in [-0.4, -0.2) is 21.8 Å². The van der Waals surface area contributed by atoms with Gasteiger partial charge >= 0.3 is 0 Å². The van der Waals surface area contributed by atoms with E-state index in [1.807, 2.05) is 6.92 Å². The molecule has 2 aliphatic carbocycles. The molecular formula is C28H36N2O4. The van der Waals surface area contributed by atoms with Crippen LogP contribution in [-0.2, 0) is 6.42 Å². The number of hydrogen-bond acceptors (Lipinski definition) is 6. The summed E-state index contributed by atoms with van der Waals surface area (Å²) in [6.07, 6.45) is 9.94. The molecule has 0 saturated heterocycles. The maximum atomic E-state index is 13.6. The van der Waals surface area contributed by atoms with Gasteiger partial charge in [0.1, 0.15) is 11.5 Å². The monoisotopic (exact) mass is 464 g/mol. The van der Waals surface area contributed by atoms with Gasteiger partial charge in [-0.25, -0.2) is 0 Å². The third-order valence-electron chi connectivity index (χ3n) is 7.73. The second kappa shape index (κ2) is 9.69. The van der Waals surface area contributed by atoms with Crippen molar-refractivity contribution in [2.75, 3.05) is 11.5 Å². The van der Waals surface area contributed by atoms with Crippen molar-refractivity contribution in [2.24, 2.45) is 5.92 Å². The summed E-state index contributed by atoms with van der Waals surface area (Å²) in [5, 5.41) is 22.1. The predicted molar refractivity (Wildman–Crippen MR) is 135 cm³/mol. The molecule has 0 radical (unpaired) electrons. The fraction of sp³-hybridized carbons (Fsp3) is 0.500. The molecule has 0 heterocycles. The van der Waals surface area contributed by atoms with Crippen LogP contribution in [0.25, 0.3) is 0 Å². The second-order valence-electron chi connectivity index (χ2n) is 10.00. The van der Waals surface area contributed by atoms with Crippen LogP contribution in [0.3, 0.4) is 0 Å². The van der Waals surface area contributed by atoms with Gasteiger partial charge in [0.25, 0.3) is 0 Å². The van der Waals surface area contributed by atoms with E-state index in [0.717, 1.165) is 38.5 Å². The number of fused-ring (bicyclic) bond motifs is 2. The molecule has 6 heteroatoms. The Labute approximate surface area is 201 Å². The molecule has 182 valence electrons. The van der Waals surface area contributed by atoms with Crippen molar-refractivity contribution >= 4 is 22.9 Å². The van der Waals surface area contributed by atoms with Gasteiger partial charge in [0.05, 0.1) is 22.3 Å². The molecule has 0 spiro atoms. The summed E-state index contributed by atoms with van der Waals surface area (Å²) >= 11 is 0. The summed E-state index contributed by atoms with van der Waals surface area (Å²) in [7, 11) is 0. The molecule has 2 aromatic rings. The van der Waals surface area contributed by atoms with Crippen molar-refractivity contribution in [3.8, 4) is 11.5 Å². The van der Waals surface area contributed by atoms with Gasteiger partial charge in [-0.1, -0.05) is 39.5 Å². The number of ketones is 2. The zero-order valence-electron chi connectivity index (χ0n) is 20.2. The van der Waals surface area contributed by atoms with Crippen LogP contribution in [0.15, 0.2) is 12.1 Å². The Balaban J connectivity index is 1.74. The maximum absolute atomic E-state index is 13.6. The van der Waals surface area contributed by atoms with Gasteiger partial charge in [-0.05, 0) is 73.6 Å². The lowest BCUT2D eigenvalue weighted by Crippen LogP contribution is -2.25. The van der Waals surface area contributed by atoms with Gasteiger partial charge in [-0.3, -0.25) is 9.59 Å². The minimum absolute atomic E-state index is 0.0299. The number of rotatable bonds is 7. The van der Waals surface area contributed by atoms with Crippen molar-refractivity contribution in [3.05, 3.63) is 45.5 Å². The first kappa shape index (κ1) is 24.1. The van der Waals surface area contributed by atoms with Gasteiger partial charge < -0.3 is 21.7 Å². The average Bonchev–Trinajstić information content (AvgIpc) is 2.82. The van der Waals surface area contributed by atoms with Gasteiger partial charge in [-0.15, -0.1) is 0 Å². The number of aryl methyl sites for hydroxylation is 1. The number of carbonyl (C=O) groups excluding carboxylic acids is 2. The summed E-state index contributed by atoms with van der Waals surface area (Å²) in [5.74, 6) is -0.698. The molecule has 0 bridgehead atoms.